The van der Waals surface area contributed by atoms with Crippen molar-refractivity contribution in [2.75, 3.05) is 0 Å². The summed E-state index contributed by atoms with van der Waals surface area (Å²) < 4.78 is 0. The number of aliphatic hydroxyl groups is 3. The lowest BCUT2D eigenvalue weighted by Crippen LogP contribution is -2.23. The summed E-state index contributed by atoms with van der Waals surface area (Å²) in [6, 6.07) is 0. The van der Waals surface area contributed by atoms with E-state index in [1.165, 1.54) is 0 Å². The quantitative estimate of drug-likeness (QED) is 0.560. The van der Waals surface area contributed by atoms with Crippen molar-refractivity contribution in [1.29, 1.82) is 0 Å². The highest BCUT2D eigenvalue weighted by atomic mass is 32.1. The minimum absolute atomic E-state index is 0.165. The van der Waals surface area contributed by atoms with Crippen LogP contribution in [0.15, 0.2) is 0 Å². The van der Waals surface area contributed by atoms with Crippen molar-refractivity contribution < 1.29 is 15.3 Å². The minimum Gasteiger partial charge on any atom is -0.338 e. The normalized spacial score (nSPS) is 12.5. The molecule has 1 aromatic rings. The summed E-state index contributed by atoms with van der Waals surface area (Å²) >= 11 is 0.976. The number of aromatic nitrogens is 2. The number of nitrogens with zero attached hydrogens (tertiary/aromatic N) is 2. The second kappa shape index (κ2) is 3.06. The first-order valence-corrected chi connectivity index (χ1v) is 4.24. The molecular weight excluding hydrogens is 180 g/mol. The standard InChI is InChI=1S/C6H10N2O3S/c1-3(2)4-7-8-5(12-4)6(9,10)11/h3,9-11H,1-2H3. The molecule has 1 aromatic heterocycles. The average molecular weight is 190 g/mol. The Hall–Kier alpha value is -0.560. The molecule has 0 bridgehead atoms. The number of hydrogen-bond acceptors (Lipinski definition) is 6. The van der Waals surface area contributed by atoms with Gasteiger partial charge in [-0.25, -0.2) is 0 Å². The van der Waals surface area contributed by atoms with Crippen LogP contribution in [-0.2, 0) is 5.97 Å². The predicted molar refractivity (Wildman–Crippen MR) is 42.3 cm³/mol. The van der Waals surface area contributed by atoms with Crippen LogP contribution in [0.5, 0.6) is 0 Å². The fourth-order valence-electron chi connectivity index (χ4n) is 0.603. The molecule has 0 fully saturated rings. The van der Waals surface area contributed by atoms with Crippen LogP contribution in [-0.4, -0.2) is 25.5 Å². The third-order valence-corrected chi connectivity index (χ3v) is 2.53. The molecule has 0 radical (unpaired) electrons. The van der Waals surface area contributed by atoms with E-state index in [1.807, 2.05) is 13.8 Å². The minimum atomic E-state index is -2.86. The van der Waals surface area contributed by atoms with E-state index in [9.17, 15) is 0 Å². The van der Waals surface area contributed by atoms with Crippen molar-refractivity contribution in [2.24, 2.45) is 0 Å². The first kappa shape index (κ1) is 9.53. The van der Waals surface area contributed by atoms with E-state index in [1.54, 1.807) is 0 Å². The summed E-state index contributed by atoms with van der Waals surface area (Å²) in [5.41, 5.74) is 0. The highest BCUT2D eigenvalue weighted by molar-refractivity contribution is 7.11. The Labute approximate surface area is 73.3 Å². The van der Waals surface area contributed by atoms with Gasteiger partial charge in [0.1, 0.15) is 5.01 Å². The Kier molecular flexibility index (Phi) is 2.43. The zero-order chi connectivity index (χ0) is 9.35. The lowest BCUT2D eigenvalue weighted by Gasteiger charge is -2.07. The first-order valence-electron chi connectivity index (χ1n) is 3.42. The summed E-state index contributed by atoms with van der Waals surface area (Å²) in [6.07, 6.45) is 0. The molecule has 0 aliphatic rings. The molecule has 0 aliphatic carbocycles. The van der Waals surface area contributed by atoms with Crippen LogP contribution in [0.2, 0.25) is 0 Å². The zero-order valence-electron chi connectivity index (χ0n) is 6.72. The van der Waals surface area contributed by atoms with E-state index in [2.05, 4.69) is 10.2 Å². The SMILES string of the molecule is CC(C)c1nnc(C(O)(O)O)s1. The second-order valence-electron chi connectivity index (χ2n) is 2.74. The van der Waals surface area contributed by atoms with Gasteiger partial charge in [0.15, 0.2) is 0 Å². The zero-order valence-corrected chi connectivity index (χ0v) is 7.54. The van der Waals surface area contributed by atoms with E-state index < -0.39 is 5.97 Å². The van der Waals surface area contributed by atoms with Gasteiger partial charge in [0.05, 0.1) is 0 Å². The Morgan fingerprint density at radius 3 is 2.08 bits per heavy atom. The lowest BCUT2D eigenvalue weighted by atomic mass is 10.2. The van der Waals surface area contributed by atoms with Crippen LogP contribution in [0.1, 0.15) is 29.8 Å². The average Bonchev–Trinajstić information content (AvgIpc) is 2.30. The van der Waals surface area contributed by atoms with E-state index in [-0.39, 0.29) is 10.9 Å². The van der Waals surface area contributed by atoms with Gasteiger partial charge in [0.2, 0.25) is 5.01 Å². The highest BCUT2D eigenvalue weighted by Gasteiger charge is 2.27. The Bertz CT molecular complexity index is 266. The molecular formula is C6H10N2O3S. The van der Waals surface area contributed by atoms with E-state index in [0.29, 0.717) is 5.01 Å². The van der Waals surface area contributed by atoms with Crippen molar-refractivity contribution in [2.45, 2.75) is 25.7 Å². The highest BCUT2D eigenvalue weighted by Crippen LogP contribution is 2.23. The largest absolute Gasteiger partial charge is 0.338 e. The third kappa shape index (κ3) is 1.98. The number of hydrogen-bond donors (Lipinski definition) is 3. The van der Waals surface area contributed by atoms with Crippen LogP contribution in [0.3, 0.4) is 0 Å². The summed E-state index contributed by atoms with van der Waals surface area (Å²) in [5, 5.41) is 33.7. The lowest BCUT2D eigenvalue weighted by molar-refractivity contribution is -0.324. The van der Waals surface area contributed by atoms with Gasteiger partial charge in [-0.2, -0.15) is 0 Å². The maximum atomic E-state index is 8.70. The topological polar surface area (TPSA) is 86.5 Å². The molecule has 1 heterocycles. The molecule has 0 amide bonds. The van der Waals surface area contributed by atoms with Gasteiger partial charge in [0.25, 0.3) is 0 Å². The van der Waals surface area contributed by atoms with Crippen LogP contribution >= 0.6 is 11.3 Å². The van der Waals surface area contributed by atoms with Crippen molar-refractivity contribution in [3.63, 3.8) is 0 Å². The maximum absolute atomic E-state index is 8.70. The Balaban J connectivity index is 2.92. The Morgan fingerprint density at radius 1 is 1.25 bits per heavy atom. The van der Waals surface area contributed by atoms with Crippen molar-refractivity contribution >= 4 is 11.3 Å². The molecule has 1 rings (SSSR count). The third-order valence-electron chi connectivity index (χ3n) is 1.22. The van der Waals surface area contributed by atoms with Gasteiger partial charge in [-0.1, -0.05) is 25.2 Å². The molecule has 0 spiro atoms. The predicted octanol–water partition coefficient (Wildman–Crippen LogP) is -0.251. The molecule has 0 unspecified atom stereocenters. The summed E-state index contributed by atoms with van der Waals surface area (Å²) in [4.78, 5) is 0. The summed E-state index contributed by atoms with van der Waals surface area (Å²) in [7, 11) is 0. The number of rotatable bonds is 2. The fraction of sp³-hybridized carbons (Fsp3) is 0.667. The van der Waals surface area contributed by atoms with E-state index in [4.69, 9.17) is 15.3 Å². The van der Waals surface area contributed by atoms with Gasteiger partial charge in [-0.05, 0) is 0 Å². The van der Waals surface area contributed by atoms with E-state index >= 15 is 0 Å². The van der Waals surface area contributed by atoms with Gasteiger partial charge in [0, 0.05) is 5.92 Å². The molecule has 68 valence electrons. The smallest absolute Gasteiger partial charge is 0.334 e. The molecule has 0 aromatic carbocycles. The first-order chi connectivity index (χ1) is 5.41. The van der Waals surface area contributed by atoms with Crippen LogP contribution in [0.25, 0.3) is 0 Å². The fourth-order valence-corrected chi connectivity index (χ4v) is 1.34. The van der Waals surface area contributed by atoms with Crippen LogP contribution in [0, 0.1) is 0 Å². The van der Waals surface area contributed by atoms with Gasteiger partial charge >= 0.3 is 5.97 Å². The van der Waals surface area contributed by atoms with Gasteiger partial charge in [-0.15, -0.1) is 10.2 Å². The summed E-state index contributed by atoms with van der Waals surface area (Å²) in [6.45, 7) is 3.80. The molecule has 0 aliphatic heterocycles. The van der Waals surface area contributed by atoms with Crippen LogP contribution < -0.4 is 0 Å². The maximum Gasteiger partial charge on any atom is 0.334 e. The van der Waals surface area contributed by atoms with Crippen molar-refractivity contribution in [3.05, 3.63) is 10.0 Å². The van der Waals surface area contributed by atoms with Gasteiger partial charge < -0.3 is 15.3 Å². The molecule has 5 nitrogen and oxygen atoms in total. The second-order valence-corrected chi connectivity index (χ2v) is 3.74. The molecule has 0 saturated carbocycles. The Morgan fingerprint density at radius 2 is 1.83 bits per heavy atom. The monoisotopic (exact) mass is 190 g/mol. The van der Waals surface area contributed by atoms with Gasteiger partial charge in [-0.3, -0.25) is 0 Å². The molecule has 6 heteroatoms. The molecule has 0 atom stereocenters. The molecule has 12 heavy (non-hydrogen) atoms. The van der Waals surface area contributed by atoms with Crippen molar-refractivity contribution in [1.82, 2.24) is 10.2 Å². The summed E-state index contributed by atoms with van der Waals surface area (Å²) in [5.74, 6) is -2.69. The van der Waals surface area contributed by atoms with Crippen molar-refractivity contribution in [3.8, 4) is 0 Å². The van der Waals surface area contributed by atoms with Crippen LogP contribution in [0.4, 0.5) is 0 Å². The molecule has 3 N–H and O–H groups in total. The van der Waals surface area contributed by atoms with E-state index in [0.717, 1.165) is 11.3 Å². The molecule has 0 saturated heterocycles.